The van der Waals surface area contributed by atoms with Crippen LogP contribution in [0.5, 0.6) is 0 Å². The Hall–Kier alpha value is -3.50. The van der Waals surface area contributed by atoms with Gasteiger partial charge < -0.3 is 24.7 Å². The van der Waals surface area contributed by atoms with Crippen molar-refractivity contribution in [3.63, 3.8) is 0 Å². The summed E-state index contributed by atoms with van der Waals surface area (Å²) >= 11 is 1.58. The second-order valence-corrected chi connectivity index (χ2v) is 11.9. The van der Waals surface area contributed by atoms with E-state index in [0.717, 1.165) is 53.4 Å². The van der Waals surface area contributed by atoms with E-state index in [4.69, 9.17) is 4.52 Å². The first kappa shape index (κ1) is 28.0. The van der Waals surface area contributed by atoms with Crippen molar-refractivity contribution in [2.45, 2.75) is 64.5 Å². The molecule has 3 aromatic rings. The zero-order chi connectivity index (χ0) is 28.4. The number of hydrogen-bond acceptors (Lipinski definition) is 8. The van der Waals surface area contributed by atoms with Gasteiger partial charge in [0, 0.05) is 37.8 Å². The Balaban J connectivity index is 1.28. The van der Waals surface area contributed by atoms with Crippen molar-refractivity contribution < 1.29 is 19.2 Å². The number of carbonyl (C=O) groups is 2. The third kappa shape index (κ3) is 5.83. The van der Waals surface area contributed by atoms with Gasteiger partial charge in [-0.25, -0.2) is 4.98 Å². The van der Waals surface area contributed by atoms with Gasteiger partial charge in [-0.1, -0.05) is 49.8 Å². The van der Waals surface area contributed by atoms with Gasteiger partial charge in [-0.3, -0.25) is 9.59 Å². The summed E-state index contributed by atoms with van der Waals surface area (Å²) in [6.45, 7) is 11.9. The van der Waals surface area contributed by atoms with E-state index in [2.05, 4.69) is 26.9 Å². The molecule has 4 heterocycles. The number of aromatic nitrogens is 2. The monoisotopic (exact) mass is 563 g/mol. The molecule has 5 rings (SSSR count). The Morgan fingerprint density at radius 1 is 1.18 bits per heavy atom. The maximum atomic E-state index is 13.9. The van der Waals surface area contributed by atoms with E-state index in [9.17, 15) is 14.7 Å². The van der Waals surface area contributed by atoms with Crippen LogP contribution in [-0.4, -0.2) is 63.7 Å². The van der Waals surface area contributed by atoms with E-state index < -0.39 is 18.1 Å². The number of aryl methyl sites for hydroxylation is 1. The molecule has 3 atom stereocenters. The molecular formula is C30H37N5O4S. The van der Waals surface area contributed by atoms with Crippen LogP contribution in [0.4, 0.5) is 5.82 Å². The van der Waals surface area contributed by atoms with Gasteiger partial charge in [0.15, 0.2) is 11.6 Å². The van der Waals surface area contributed by atoms with Gasteiger partial charge in [0.05, 0.1) is 22.2 Å². The van der Waals surface area contributed by atoms with Crippen molar-refractivity contribution in [3.8, 4) is 10.4 Å². The van der Waals surface area contributed by atoms with Crippen molar-refractivity contribution in [2.75, 3.05) is 24.5 Å². The van der Waals surface area contributed by atoms with Crippen molar-refractivity contribution in [3.05, 3.63) is 59.4 Å². The molecule has 0 bridgehead atoms. The minimum absolute atomic E-state index is 0.0859. The van der Waals surface area contributed by atoms with Crippen molar-refractivity contribution in [1.29, 1.82) is 0 Å². The smallest absolute Gasteiger partial charge is 0.247 e. The Kier molecular flexibility index (Phi) is 8.37. The number of rotatable bonds is 8. The van der Waals surface area contributed by atoms with Crippen LogP contribution in [-0.2, 0) is 9.59 Å². The molecule has 0 aliphatic carbocycles. The summed E-state index contributed by atoms with van der Waals surface area (Å²) in [7, 11) is 0. The Morgan fingerprint density at radius 2 is 1.90 bits per heavy atom. The number of thiazole rings is 1. The standard InChI is InChI=1S/C30H37N5O4S/c1-18(2)27(25-15-26(33-39-25)34-12-6-5-7-13-34)30(38)35-16-23(36)14-24(35)29(37)32-19(3)21-8-10-22(11-9-21)28-20(4)31-17-40-28/h8-11,15,17-18,23-24,27,36H,3,5-7,12-14,16H2,1-2,4H3,(H,32,37)/t23-,24+,27?/m1/s1. The van der Waals surface area contributed by atoms with E-state index in [-0.39, 0.29) is 30.7 Å². The lowest BCUT2D eigenvalue weighted by Gasteiger charge is -2.29. The molecule has 0 spiro atoms. The number of piperidine rings is 1. The van der Waals surface area contributed by atoms with Crippen molar-refractivity contribution >= 4 is 34.7 Å². The fourth-order valence-electron chi connectivity index (χ4n) is 5.62. The first-order valence-corrected chi connectivity index (χ1v) is 14.8. The molecule has 1 aromatic carbocycles. The van der Waals surface area contributed by atoms with E-state index in [0.29, 0.717) is 11.5 Å². The van der Waals surface area contributed by atoms with Crippen molar-refractivity contribution in [1.82, 2.24) is 20.4 Å². The van der Waals surface area contributed by atoms with E-state index >= 15 is 0 Å². The topological polar surface area (TPSA) is 112 Å². The van der Waals surface area contributed by atoms with E-state index in [1.54, 1.807) is 11.3 Å². The summed E-state index contributed by atoms with van der Waals surface area (Å²) in [5.74, 6) is -0.0860. The molecule has 2 fully saturated rings. The van der Waals surface area contributed by atoms with Gasteiger partial charge >= 0.3 is 0 Å². The second-order valence-electron chi connectivity index (χ2n) is 11.1. The SMILES string of the molecule is C=C(NC(=O)[C@@H]1C[C@@H](O)CN1C(=O)C(c1cc(N2CCCCC2)no1)C(C)C)c1ccc(-c2scnc2C)cc1. The molecule has 1 unspecified atom stereocenters. The summed E-state index contributed by atoms with van der Waals surface area (Å²) in [6, 6.07) is 8.80. The third-order valence-electron chi connectivity index (χ3n) is 7.82. The number of carbonyl (C=O) groups excluding carboxylic acids is 2. The molecule has 2 aliphatic heterocycles. The number of nitrogens with zero attached hydrogens (tertiary/aromatic N) is 4. The fourth-order valence-corrected chi connectivity index (χ4v) is 6.44. The summed E-state index contributed by atoms with van der Waals surface area (Å²) in [5, 5.41) is 17.6. The molecule has 0 saturated carbocycles. The predicted molar refractivity (Wildman–Crippen MR) is 156 cm³/mol. The molecule has 212 valence electrons. The maximum absolute atomic E-state index is 13.9. The van der Waals surface area contributed by atoms with Gasteiger partial charge in [-0.2, -0.15) is 0 Å². The second kappa shape index (κ2) is 11.9. The Bertz CT molecular complexity index is 1360. The highest BCUT2D eigenvalue weighted by Gasteiger charge is 2.43. The largest absolute Gasteiger partial charge is 0.391 e. The predicted octanol–water partition coefficient (Wildman–Crippen LogP) is 4.59. The number of amides is 2. The summed E-state index contributed by atoms with van der Waals surface area (Å²) in [5.41, 5.74) is 5.05. The molecule has 2 saturated heterocycles. The number of hydrogen-bond donors (Lipinski definition) is 2. The molecule has 40 heavy (non-hydrogen) atoms. The summed E-state index contributed by atoms with van der Waals surface area (Å²) in [4.78, 5) is 36.4. The molecule has 9 nitrogen and oxygen atoms in total. The minimum Gasteiger partial charge on any atom is -0.391 e. The molecular weight excluding hydrogens is 526 g/mol. The lowest BCUT2D eigenvalue weighted by atomic mass is 9.91. The molecule has 2 aliphatic rings. The van der Waals surface area contributed by atoms with Crippen LogP contribution in [0.3, 0.4) is 0 Å². The van der Waals surface area contributed by atoms with E-state index in [1.807, 2.05) is 56.6 Å². The Morgan fingerprint density at radius 3 is 2.55 bits per heavy atom. The van der Waals surface area contributed by atoms with E-state index in [1.165, 1.54) is 11.3 Å². The molecule has 2 amide bonds. The Labute approximate surface area is 238 Å². The molecule has 2 aromatic heterocycles. The number of anilines is 1. The lowest BCUT2D eigenvalue weighted by Crippen LogP contribution is -2.47. The number of β-amino-alcohol motifs (C(OH)–C–C–N with tert-alkyl or cyclic N) is 1. The normalized spacial score (nSPS) is 20.1. The average Bonchev–Trinajstić information content (AvgIpc) is 3.69. The van der Waals surface area contributed by atoms with Crippen molar-refractivity contribution in [2.24, 2.45) is 5.92 Å². The minimum atomic E-state index is -0.816. The lowest BCUT2D eigenvalue weighted by molar-refractivity contribution is -0.140. The zero-order valence-electron chi connectivity index (χ0n) is 23.3. The summed E-state index contributed by atoms with van der Waals surface area (Å²) < 4.78 is 5.69. The van der Waals surface area contributed by atoms with Gasteiger partial charge in [0.25, 0.3) is 0 Å². The first-order valence-electron chi connectivity index (χ1n) is 13.9. The number of aliphatic hydroxyl groups excluding tert-OH is 1. The van der Waals surface area contributed by atoms with Crippen LogP contribution in [0.15, 0.2) is 46.9 Å². The average molecular weight is 564 g/mol. The highest BCUT2D eigenvalue weighted by atomic mass is 32.1. The number of nitrogens with one attached hydrogen (secondary N) is 1. The van der Waals surface area contributed by atoms with Crippen LogP contribution in [0.2, 0.25) is 0 Å². The zero-order valence-corrected chi connectivity index (χ0v) is 24.1. The molecule has 0 radical (unpaired) electrons. The number of benzene rings is 1. The third-order valence-corrected chi connectivity index (χ3v) is 8.79. The van der Waals surface area contributed by atoms with Crippen LogP contribution < -0.4 is 10.2 Å². The van der Waals surface area contributed by atoms with Gasteiger partial charge in [-0.05, 0) is 43.2 Å². The summed E-state index contributed by atoms with van der Waals surface area (Å²) in [6.07, 6.45) is 2.80. The van der Waals surface area contributed by atoms with Crippen LogP contribution in [0, 0.1) is 12.8 Å². The molecule has 2 N–H and O–H groups in total. The number of likely N-dealkylation sites (tertiary alicyclic amines) is 1. The number of aliphatic hydroxyl groups is 1. The first-order chi connectivity index (χ1) is 19.2. The maximum Gasteiger partial charge on any atom is 0.247 e. The van der Waals surface area contributed by atoms with Crippen LogP contribution in [0.1, 0.15) is 62.5 Å². The van der Waals surface area contributed by atoms with Gasteiger partial charge in [-0.15, -0.1) is 11.3 Å². The highest BCUT2D eigenvalue weighted by molar-refractivity contribution is 7.13. The quantitative estimate of drug-likeness (QED) is 0.412. The van der Waals surface area contributed by atoms with Crippen LogP contribution >= 0.6 is 11.3 Å². The molecule has 10 heteroatoms. The fraction of sp³-hybridized carbons (Fsp3) is 0.467. The van der Waals surface area contributed by atoms with Gasteiger partial charge in [0.2, 0.25) is 11.8 Å². The highest BCUT2D eigenvalue weighted by Crippen LogP contribution is 2.33. The van der Waals surface area contributed by atoms with Crippen LogP contribution in [0.25, 0.3) is 16.1 Å². The van der Waals surface area contributed by atoms with Gasteiger partial charge in [0.1, 0.15) is 12.0 Å².